The van der Waals surface area contributed by atoms with Crippen molar-refractivity contribution in [2.75, 3.05) is 28.6 Å². The van der Waals surface area contributed by atoms with Crippen molar-refractivity contribution in [3.05, 3.63) is 65.9 Å². The Morgan fingerprint density at radius 1 is 1.14 bits per heavy atom. The molecule has 0 amide bonds. The molecule has 0 aliphatic carbocycles. The minimum atomic E-state index is -5.08. The molecule has 198 valence electrons. The van der Waals surface area contributed by atoms with Crippen molar-refractivity contribution < 1.29 is 40.3 Å². The van der Waals surface area contributed by atoms with Crippen LogP contribution >= 0.6 is 0 Å². The molecule has 4 rings (SSSR count). The Morgan fingerprint density at radius 3 is 2.38 bits per heavy atom. The van der Waals surface area contributed by atoms with Crippen molar-refractivity contribution in [2.24, 2.45) is 5.14 Å². The molecule has 0 fully saturated rings. The second-order valence-corrected chi connectivity index (χ2v) is 9.07. The highest BCUT2D eigenvalue weighted by Crippen LogP contribution is 2.27. The molecule has 0 atom stereocenters. The molecule has 16 heteroatoms. The first-order chi connectivity index (χ1) is 17.2. The van der Waals surface area contributed by atoms with E-state index in [9.17, 15) is 30.4 Å². The molecule has 1 aliphatic rings. The normalized spacial score (nSPS) is 13.4. The van der Waals surface area contributed by atoms with Crippen molar-refractivity contribution in [3.63, 3.8) is 0 Å². The number of hydrogen-bond donors (Lipinski definition) is 4. The van der Waals surface area contributed by atoms with Crippen molar-refractivity contribution in [2.45, 2.75) is 17.6 Å². The van der Waals surface area contributed by atoms with Crippen molar-refractivity contribution in [1.82, 2.24) is 9.97 Å². The summed E-state index contributed by atoms with van der Waals surface area (Å²) < 4.78 is 82.4. The number of carboxylic acids is 1. The van der Waals surface area contributed by atoms with Gasteiger partial charge in [-0.25, -0.2) is 32.1 Å². The average molecular weight is 546 g/mol. The molecule has 0 saturated carbocycles. The van der Waals surface area contributed by atoms with Gasteiger partial charge in [0.05, 0.1) is 11.1 Å². The lowest BCUT2D eigenvalue weighted by Gasteiger charge is -2.22. The van der Waals surface area contributed by atoms with Gasteiger partial charge in [-0.05, 0) is 42.0 Å². The van der Waals surface area contributed by atoms with E-state index in [1.54, 1.807) is 11.0 Å². The number of aliphatic carboxylic acids is 1. The summed E-state index contributed by atoms with van der Waals surface area (Å²) in [6, 6.07) is 10.1. The van der Waals surface area contributed by atoms with Crippen LogP contribution in [0.15, 0.2) is 53.6 Å². The summed E-state index contributed by atoms with van der Waals surface area (Å²) in [7, 11) is -3.79. The molecule has 0 radical (unpaired) electrons. The Labute approximate surface area is 207 Å². The van der Waals surface area contributed by atoms with Crippen LogP contribution in [0.3, 0.4) is 0 Å². The van der Waals surface area contributed by atoms with E-state index >= 15 is 0 Å². The number of hydrogen-bond acceptors (Lipinski definition) is 8. The first-order valence-corrected chi connectivity index (χ1v) is 11.8. The highest BCUT2D eigenvalue weighted by atomic mass is 32.2. The Morgan fingerprint density at radius 2 is 1.78 bits per heavy atom. The summed E-state index contributed by atoms with van der Waals surface area (Å²) in [4.78, 5) is 18.8. The summed E-state index contributed by atoms with van der Waals surface area (Å²) in [5, 5.41) is 18.3. The second kappa shape index (κ2) is 10.9. The number of carboxylic acid groups (broad SMARTS) is 1. The van der Waals surface area contributed by atoms with Gasteiger partial charge in [-0.3, -0.25) is 0 Å². The zero-order valence-corrected chi connectivity index (χ0v) is 19.4. The molecule has 1 aliphatic heterocycles. The number of benzene rings is 2. The van der Waals surface area contributed by atoms with Crippen molar-refractivity contribution >= 4 is 39.1 Å². The number of rotatable bonds is 4. The van der Waals surface area contributed by atoms with E-state index in [-0.39, 0.29) is 22.5 Å². The first kappa shape index (κ1) is 27.5. The molecule has 2 heterocycles. The third-order valence-corrected chi connectivity index (χ3v) is 5.77. The van der Waals surface area contributed by atoms with Gasteiger partial charge < -0.3 is 20.6 Å². The minimum Gasteiger partial charge on any atom is -0.475 e. The van der Waals surface area contributed by atoms with Gasteiger partial charge in [0.1, 0.15) is 5.82 Å². The van der Waals surface area contributed by atoms with Gasteiger partial charge >= 0.3 is 12.1 Å². The second-order valence-electron chi connectivity index (χ2n) is 7.51. The summed E-state index contributed by atoms with van der Waals surface area (Å²) in [6.07, 6.45) is -4.02. The van der Waals surface area contributed by atoms with E-state index in [1.165, 1.54) is 36.4 Å². The maximum absolute atomic E-state index is 14.5. The molecule has 5 N–H and O–H groups in total. The van der Waals surface area contributed by atoms with Gasteiger partial charge in [-0.15, -0.1) is 0 Å². The largest absolute Gasteiger partial charge is 0.490 e. The van der Waals surface area contributed by atoms with Gasteiger partial charge in [0.25, 0.3) is 0 Å². The van der Waals surface area contributed by atoms with Crippen LogP contribution in [0.4, 0.5) is 45.1 Å². The topological polar surface area (TPSA) is 151 Å². The number of nitrogens with one attached hydrogen (secondary N) is 2. The number of fused-ring (bicyclic) bond motifs is 1. The molecule has 10 nitrogen and oxygen atoms in total. The quantitative estimate of drug-likeness (QED) is 0.362. The van der Waals surface area contributed by atoms with Crippen LogP contribution < -0.4 is 20.7 Å². The maximum atomic E-state index is 14.5. The number of alkyl halides is 3. The van der Waals surface area contributed by atoms with Crippen LogP contribution in [0.5, 0.6) is 0 Å². The smallest absolute Gasteiger partial charge is 0.475 e. The SMILES string of the molecule is NS(=O)(=O)c1ccc(Nc2ncc(F)c(N3CCNc4cc(F)ccc4C3)n2)cc1.O=C(O)C(F)(F)F. The molecular weight excluding hydrogens is 527 g/mol. The molecule has 1 aromatic heterocycles. The van der Waals surface area contributed by atoms with Crippen molar-refractivity contribution in [3.8, 4) is 0 Å². The summed E-state index contributed by atoms with van der Waals surface area (Å²) in [5.41, 5.74) is 2.00. The van der Waals surface area contributed by atoms with Crippen LogP contribution in [0.25, 0.3) is 0 Å². The number of primary sulfonamides is 1. The molecule has 0 saturated heterocycles. The standard InChI is InChI=1S/C19H18F2N6O2S.C2HF3O2/c20-13-2-1-12-11-27(8-7-23-17(12)9-13)18-16(21)10-24-19(26-18)25-14-3-5-15(6-4-14)30(22,28)29;3-2(4,5)1(6)7/h1-6,9-10,23H,7-8,11H2,(H2,22,28,29)(H,24,25,26);(H,6,7). The molecule has 37 heavy (non-hydrogen) atoms. The Balaban J connectivity index is 0.000000479. The third-order valence-electron chi connectivity index (χ3n) is 4.84. The zero-order chi connectivity index (χ0) is 27.4. The van der Waals surface area contributed by atoms with E-state index in [0.717, 1.165) is 11.8 Å². The molecule has 0 unspecified atom stereocenters. The molecule has 2 aromatic carbocycles. The summed E-state index contributed by atoms with van der Waals surface area (Å²) in [5.74, 6) is -3.44. The molecule has 0 bridgehead atoms. The van der Waals surface area contributed by atoms with Gasteiger partial charge in [0, 0.05) is 31.0 Å². The minimum absolute atomic E-state index is 0.0269. The highest BCUT2D eigenvalue weighted by Gasteiger charge is 2.38. The number of nitrogens with two attached hydrogens (primary N) is 1. The predicted molar refractivity (Wildman–Crippen MR) is 123 cm³/mol. The van der Waals surface area contributed by atoms with E-state index in [1.807, 2.05) is 0 Å². The van der Waals surface area contributed by atoms with Crippen LogP contribution in [0.1, 0.15) is 5.56 Å². The van der Waals surface area contributed by atoms with Gasteiger partial charge in [0.15, 0.2) is 11.6 Å². The van der Waals surface area contributed by atoms with Gasteiger partial charge in [-0.1, -0.05) is 6.07 Å². The van der Waals surface area contributed by atoms with Crippen molar-refractivity contribution in [1.29, 1.82) is 0 Å². The lowest BCUT2D eigenvalue weighted by molar-refractivity contribution is -0.192. The number of nitrogens with zero attached hydrogens (tertiary/aromatic N) is 3. The maximum Gasteiger partial charge on any atom is 0.490 e. The Kier molecular flexibility index (Phi) is 8.12. The molecular formula is C21H19F5N6O4S. The predicted octanol–water partition coefficient (Wildman–Crippen LogP) is 3.21. The van der Waals surface area contributed by atoms with Gasteiger partial charge in [-0.2, -0.15) is 18.2 Å². The lowest BCUT2D eigenvalue weighted by atomic mass is 10.1. The number of carbonyl (C=O) groups is 1. The van der Waals surface area contributed by atoms with Crippen LogP contribution in [-0.2, 0) is 21.4 Å². The molecule has 0 spiro atoms. The Hall–Kier alpha value is -4.05. The third kappa shape index (κ3) is 7.47. The van der Waals surface area contributed by atoms with Crippen LogP contribution in [0, 0.1) is 11.6 Å². The van der Waals surface area contributed by atoms with E-state index in [2.05, 4.69) is 20.6 Å². The first-order valence-electron chi connectivity index (χ1n) is 10.2. The van der Waals surface area contributed by atoms with E-state index < -0.39 is 28.0 Å². The summed E-state index contributed by atoms with van der Waals surface area (Å²) >= 11 is 0. The average Bonchev–Trinajstić information content (AvgIpc) is 3.02. The van der Waals surface area contributed by atoms with Crippen LogP contribution in [-0.4, -0.2) is 48.7 Å². The summed E-state index contributed by atoms with van der Waals surface area (Å²) in [6.45, 7) is 1.28. The zero-order valence-electron chi connectivity index (χ0n) is 18.6. The fraction of sp³-hybridized carbons (Fsp3) is 0.190. The molecule has 3 aromatic rings. The fourth-order valence-corrected chi connectivity index (χ4v) is 3.65. The number of sulfonamides is 1. The van der Waals surface area contributed by atoms with E-state index in [0.29, 0.717) is 31.0 Å². The van der Waals surface area contributed by atoms with E-state index in [4.69, 9.17) is 15.0 Å². The monoisotopic (exact) mass is 546 g/mol. The number of halogens is 5. The van der Waals surface area contributed by atoms with Crippen LogP contribution in [0.2, 0.25) is 0 Å². The number of anilines is 4. The Bertz CT molecular complexity index is 1390. The number of aromatic nitrogens is 2. The highest BCUT2D eigenvalue weighted by molar-refractivity contribution is 7.89. The van der Waals surface area contributed by atoms with Gasteiger partial charge in [0.2, 0.25) is 16.0 Å². The fourth-order valence-electron chi connectivity index (χ4n) is 3.14. The lowest BCUT2D eigenvalue weighted by Crippen LogP contribution is -2.27.